The highest BCUT2D eigenvalue weighted by Gasteiger charge is 2.19. The van der Waals surface area contributed by atoms with Crippen molar-refractivity contribution >= 4 is 17.6 Å². The summed E-state index contributed by atoms with van der Waals surface area (Å²) in [6.45, 7) is 2.70. The van der Waals surface area contributed by atoms with Crippen molar-refractivity contribution in [2.75, 3.05) is 32.1 Å². The molecule has 0 aliphatic carbocycles. The molecular formula is C22H28N4O3. The number of pyridine rings is 1. The highest BCUT2D eigenvalue weighted by molar-refractivity contribution is 6.34. The smallest absolute Gasteiger partial charge is 0.311 e. The van der Waals surface area contributed by atoms with Gasteiger partial charge in [-0.15, -0.1) is 0 Å². The average molecular weight is 396 g/mol. The Morgan fingerprint density at radius 2 is 1.76 bits per heavy atom. The molecule has 2 amide bonds. The van der Waals surface area contributed by atoms with Crippen LogP contribution in [-0.4, -0.2) is 48.9 Å². The summed E-state index contributed by atoms with van der Waals surface area (Å²) in [7, 11) is 3.22. The third-order valence-electron chi connectivity index (χ3n) is 5.06. The molecule has 0 radical (unpaired) electrons. The van der Waals surface area contributed by atoms with Crippen LogP contribution in [0, 0.1) is 0 Å². The van der Waals surface area contributed by atoms with Gasteiger partial charge in [-0.05, 0) is 48.6 Å². The number of carbonyl (C=O) groups is 2. The molecule has 2 heterocycles. The zero-order chi connectivity index (χ0) is 20.6. The predicted molar refractivity (Wildman–Crippen MR) is 112 cm³/mol. The third kappa shape index (κ3) is 5.70. The van der Waals surface area contributed by atoms with Crippen molar-refractivity contribution in [2.24, 2.45) is 0 Å². The number of hydrogen-bond donors (Lipinski definition) is 1. The summed E-state index contributed by atoms with van der Waals surface area (Å²) in [6, 6.07) is 11.3. The van der Waals surface area contributed by atoms with Gasteiger partial charge in [-0.25, -0.2) is 4.98 Å². The number of anilines is 1. The second kappa shape index (κ2) is 9.91. The SMILES string of the molecule is COc1ccc(CN(C)C(=O)C(=O)NCc2ccc(N3CCCCC3)nc2)cc1. The van der Waals surface area contributed by atoms with E-state index in [0.29, 0.717) is 6.54 Å². The molecule has 1 N–H and O–H groups in total. The number of nitrogens with zero attached hydrogens (tertiary/aromatic N) is 3. The molecule has 1 saturated heterocycles. The number of aromatic nitrogens is 1. The van der Waals surface area contributed by atoms with Crippen LogP contribution < -0.4 is 15.0 Å². The normalized spacial score (nSPS) is 13.7. The molecular weight excluding hydrogens is 368 g/mol. The maximum atomic E-state index is 12.3. The summed E-state index contributed by atoms with van der Waals surface area (Å²) >= 11 is 0. The van der Waals surface area contributed by atoms with E-state index in [1.165, 1.54) is 24.2 Å². The first kappa shape index (κ1) is 20.6. The molecule has 0 saturated carbocycles. The summed E-state index contributed by atoms with van der Waals surface area (Å²) in [5.74, 6) is 0.523. The van der Waals surface area contributed by atoms with Gasteiger partial charge in [-0.1, -0.05) is 18.2 Å². The largest absolute Gasteiger partial charge is 0.497 e. The average Bonchev–Trinajstić information content (AvgIpc) is 2.78. The Bertz CT molecular complexity index is 815. The molecule has 1 aromatic carbocycles. The number of piperidine rings is 1. The van der Waals surface area contributed by atoms with Gasteiger partial charge in [0.05, 0.1) is 7.11 Å². The highest BCUT2D eigenvalue weighted by atomic mass is 16.5. The number of nitrogens with one attached hydrogen (secondary N) is 1. The van der Waals surface area contributed by atoms with E-state index in [9.17, 15) is 9.59 Å². The Morgan fingerprint density at radius 3 is 2.38 bits per heavy atom. The molecule has 29 heavy (non-hydrogen) atoms. The summed E-state index contributed by atoms with van der Waals surface area (Å²) in [6.07, 6.45) is 5.44. The van der Waals surface area contributed by atoms with Crippen LogP contribution >= 0.6 is 0 Å². The maximum Gasteiger partial charge on any atom is 0.311 e. The lowest BCUT2D eigenvalue weighted by molar-refractivity contribution is -0.145. The van der Waals surface area contributed by atoms with Crippen molar-refractivity contribution in [3.8, 4) is 5.75 Å². The van der Waals surface area contributed by atoms with Crippen LogP contribution in [-0.2, 0) is 22.7 Å². The van der Waals surface area contributed by atoms with Gasteiger partial charge in [0, 0.05) is 39.4 Å². The molecule has 0 bridgehead atoms. The summed E-state index contributed by atoms with van der Waals surface area (Å²) in [5.41, 5.74) is 1.79. The third-order valence-corrected chi connectivity index (χ3v) is 5.06. The van der Waals surface area contributed by atoms with Crippen molar-refractivity contribution in [1.82, 2.24) is 15.2 Å². The van der Waals surface area contributed by atoms with E-state index >= 15 is 0 Å². The minimum Gasteiger partial charge on any atom is -0.497 e. The summed E-state index contributed by atoms with van der Waals surface area (Å²) in [4.78, 5) is 32.7. The summed E-state index contributed by atoms with van der Waals surface area (Å²) in [5, 5.41) is 2.68. The van der Waals surface area contributed by atoms with Gasteiger partial charge in [0.15, 0.2) is 0 Å². The quantitative estimate of drug-likeness (QED) is 0.759. The first-order chi connectivity index (χ1) is 14.1. The van der Waals surface area contributed by atoms with Gasteiger partial charge in [-0.2, -0.15) is 0 Å². The van der Waals surface area contributed by atoms with Gasteiger partial charge in [-0.3, -0.25) is 9.59 Å². The van der Waals surface area contributed by atoms with Gasteiger partial charge >= 0.3 is 11.8 Å². The van der Waals surface area contributed by atoms with E-state index in [1.807, 2.05) is 36.4 Å². The van der Waals surface area contributed by atoms with Crippen LogP contribution in [0.25, 0.3) is 0 Å². The fourth-order valence-electron chi connectivity index (χ4n) is 3.34. The number of ether oxygens (including phenoxy) is 1. The molecule has 0 unspecified atom stereocenters. The van der Waals surface area contributed by atoms with Crippen molar-refractivity contribution in [3.05, 3.63) is 53.7 Å². The number of amides is 2. The molecule has 1 aliphatic rings. The first-order valence-corrected chi connectivity index (χ1v) is 9.93. The molecule has 1 aromatic heterocycles. The van der Waals surface area contributed by atoms with Crippen molar-refractivity contribution < 1.29 is 14.3 Å². The van der Waals surface area contributed by atoms with E-state index in [0.717, 1.165) is 35.8 Å². The number of hydrogen-bond acceptors (Lipinski definition) is 5. The molecule has 3 rings (SSSR count). The second-order valence-electron chi connectivity index (χ2n) is 7.26. The standard InChI is InChI=1S/C22H28N4O3/c1-25(16-17-6-9-19(29-2)10-7-17)22(28)21(27)24-15-18-8-11-20(23-14-18)26-12-4-3-5-13-26/h6-11,14H,3-5,12-13,15-16H2,1-2H3,(H,24,27). The number of benzene rings is 1. The molecule has 1 fully saturated rings. The number of methoxy groups -OCH3 is 1. The fraction of sp³-hybridized carbons (Fsp3) is 0.409. The molecule has 2 aromatic rings. The van der Waals surface area contributed by atoms with Gasteiger partial charge in [0.2, 0.25) is 0 Å². The maximum absolute atomic E-state index is 12.3. The van der Waals surface area contributed by atoms with Crippen LogP contribution in [0.5, 0.6) is 5.75 Å². The lowest BCUT2D eigenvalue weighted by Crippen LogP contribution is -2.40. The van der Waals surface area contributed by atoms with Gasteiger partial charge in [0.1, 0.15) is 11.6 Å². The van der Waals surface area contributed by atoms with E-state index < -0.39 is 11.8 Å². The fourth-order valence-corrected chi connectivity index (χ4v) is 3.34. The lowest BCUT2D eigenvalue weighted by atomic mass is 10.1. The van der Waals surface area contributed by atoms with Crippen molar-refractivity contribution in [2.45, 2.75) is 32.4 Å². The van der Waals surface area contributed by atoms with Crippen LogP contribution in [0.2, 0.25) is 0 Å². The zero-order valence-corrected chi connectivity index (χ0v) is 17.1. The minimum atomic E-state index is -0.624. The van der Waals surface area contributed by atoms with E-state index in [4.69, 9.17) is 4.74 Å². The molecule has 7 heteroatoms. The Morgan fingerprint density at radius 1 is 1.07 bits per heavy atom. The topological polar surface area (TPSA) is 74.8 Å². The molecule has 7 nitrogen and oxygen atoms in total. The van der Waals surface area contributed by atoms with E-state index in [2.05, 4.69) is 15.2 Å². The van der Waals surface area contributed by atoms with E-state index in [-0.39, 0.29) is 6.54 Å². The van der Waals surface area contributed by atoms with Gasteiger partial charge < -0.3 is 19.9 Å². The number of likely N-dealkylation sites (N-methyl/N-ethyl adjacent to an activating group) is 1. The molecule has 0 spiro atoms. The molecule has 1 aliphatic heterocycles. The highest BCUT2D eigenvalue weighted by Crippen LogP contribution is 2.17. The Labute approximate surface area is 171 Å². The first-order valence-electron chi connectivity index (χ1n) is 9.93. The Hall–Kier alpha value is -3.09. The number of rotatable bonds is 6. The Kier molecular flexibility index (Phi) is 7.05. The Balaban J connectivity index is 1.48. The predicted octanol–water partition coefficient (Wildman–Crippen LogP) is 2.36. The monoisotopic (exact) mass is 396 g/mol. The van der Waals surface area contributed by atoms with Crippen LogP contribution in [0.4, 0.5) is 5.82 Å². The lowest BCUT2D eigenvalue weighted by Gasteiger charge is -2.27. The summed E-state index contributed by atoms with van der Waals surface area (Å²) < 4.78 is 5.12. The van der Waals surface area contributed by atoms with Crippen LogP contribution in [0.15, 0.2) is 42.6 Å². The van der Waals surface area contributed by atoms with Crippen molar-refractivity contribution in [1.29, 1.82) is 0 Å². The molecule has 0 atom stereocenters. The minimum absolute atomic E-state index is 0.272. The second-order valence-corrected chi connectivity index (χ2v) is 7.26. The van der Waals surface area contributed by atoms with Crippen LogP contribution in [0.1, 0.15) is 30.4 Å². The number of carbonyl (C=O) groups excluding carboxylic acids is 2. The van der Waals surface area contributed by atoms with Crippen molar-refractivity contribution in [3.63, 3.8) is 0 Å². The van der Waals surface area contributed by atoms with E-state index in [1.54, 1.807) is 20.4 Å². The zero-order valence-electron chi connectivity index (χ0n) is 17.1. The molecule has 154 valence electrons. The van der Waals surface area contributed by atoms with Gasteiger partial charge in [0.25, 0.3) is 0 Å². The van der Waals surface area contributed by atoms with Crippen LogP contribution in [0.3, 0.4) is 0 Å².